The molecular formula is C15H29NO2. The van der Waals surface area contributed by atoms with Gasteiger partial charge in [-0.2, -0.15) is 0 Å². The second-order valence-corrected chi connectivity index (χ2v) is 5.74. The third-order valence-electron chi connectivity index (χ3n) is 4.92. The van der Waals surface area contributed by atoms with Crippen LogP contribution in [0.15, 0.2) is 0 Å². The Morgan fingerprint density at radius 3 is 2.17 bits per heavy atom. The van der Waals surface area contributed by atoms with Crippen LogP contribution >= 0.6 is 0 Å². The van der Waals surface area contributed by atoms with E-state index in [-0.39, 0.29) is 6.04 Å². The van der Waals surface area contributed by atoms with Crippen molar-refractivity contribution in [1.29, 1.82) is 0 Å². The zero-order valence-corrected chi connectivity index (χ0v) is 12.2. The molecule has 1 fully saturated rings. The van der Waals surface area contributed by atoms with E-state index < -0.39 is 5.97 Å². The summed E-state index contributed by atoms with van der Waals surface area (Å²) in [4.78, 5) is 13.6. The SMILES string of the molecule is CCCCC(C(=O)O)N1CCC(CC)(CC)CC1. The van der Waals surface area contributed by atoms with E-state index in [0.29, 0.717) is 5.41 Å². The van der Waals surface area contributed by atoms with Gasteiger partial charge in [-0.15, -0.1) is 0 Å². The van der Waals surface area contributed by atoms with Gasteiger partial charge in [0.2, 0.25) is 0 Å². The summed E-state index contributed by atoms with van der Waals surface area (Å²) in [7, 11) is 0. The lowest BCUT2D eigenvalue weighted by Gasteiger charge is -2.43. The number of piperidine rings is 1. The Balaban J connectivity index is 2.55. The zero-order chi connectivity index (χ0) is 13.6. The summed E-state index contributed by atoms with van der Waals surface area (Å²) in [6.07, 6.45) is 7.67. The van der Waals surface area contributed by atoms with Crippen LogP contribution in [0, 0.1) is 5.41 Å². The van der Waals surface area contributed by atoms with Crippen LogP contribution in [0.4, 0.5) is 0 Å². The Morgan fingerprint density at radius 2 is 1.78 bits per heavy atom. The minimum Gasteiger partial charge on any atom is -0.480 e. The summed E-state index contributed by atoms with van der Waals surface area (Å²) in [5.74, 6) is -0.635. The molecule has 1 saturated heterocycles. The van der Waals surface area contributed by atoms with Crippen LogP contribution in [-0.4, -0.2) is 35.1 Å². The first-order valence-corrected chi connectivity index (χ1v) is 7.55. The summed E-state index contributed by atoms with van der Waals surface area (Å²) in [6.45, 7) is 8.58. The molecule has 0 aromatic heterocycles. The molecule has 0 aromatic rings. The maximum Gasteiger partial charge on any atom is 0.320 e. The van der Waals surface area contributed by atoms with Crippen molar-refractivity contribution in [2.75, 3.05) is 13.1 Å². The summed E-state index contributed by atoms with van der Waals surface area (Å²) in [5.41, 5.74) is 0.476. The number of carboxylic acid groups (broad SMARTS) is 1. The van der Waals surface area contributed by atoms with E-state index >= 15 is 0 Å². The van der Waals surface area contributed by atoms with Gasteiger partial charge in [0.05, 0.1) is 0 Å². The second-order valence-electron chi connectivity index (χ2n) is 5.74. The van der Waals surface area contributed by atoms with E-state index in [4.69, 9.17) is 0 Å². The number of carboxylic acids is 1. The van der Waals surface area contributed by atoms with Gasteiger partial charge in [0.25, 0.3) is 0 Å². The van der Waals surface area contributed by atoms with Crippen molar-refractivity contribution in [3.8, 4) is 0 Å². The normalized spacial score (nSPS) is 21.7. The summed E-state index contributed by atoms with van der Waals surface area (Å²) in [5, 5.41) is 9.35. The van der Waals surface area contributed by atoms with E-state index in [0.717, 1.165) is 45.2 Å². The van der Waals surface area contributed by atoms with Crippen LogP contribution in [0.25, 0.3) is 0 Å². The molecule has 1 aliphatic rings. The predicted molar refractivity (Wildman–Crippen MR) is 74.8 cm³/mol. The fraction of sp³-hybridized carbons (Fsp3) is 0.933. The largest absolute Gasteiger partial charge is 0.480 e. The number of rotatable bonds is 7. The average Bonchev–Trinajstić information content (AvgIpc) is 2.40. The summed E-state index contributed by atoms with van der Waals surface area (Å²) in [6, 6.07) is -0.253. The molecular weight excluding hydrogens is 226 g/mol. The Bertz CT molecular complexity index is 251. The molecule has 1 rings (SSSR count). The fourth-order valence-corrected chi connectivity index (χ4v) is 3.13. The van der Waals surface area contributed by atoms with Gasteiger partial charge in [-0.3, -0.25) is 9.69 Å². The molecule has 18 heavy (non-hydrogen) atoms. The molecule has 1 atom stereocenters. The van der Waals surface area contributed by atoms with Crippen molar-refractivity contribution >= 4 is 5.97 Å². The Kier molecular flexibility index (Phi) is 6.13. The number of likely N-dealkylation sites (tertiary alicyclic amines) is 1. The maximum absolute atomic E-state index is 11.4. The monoisotopic (exact) mass is 255 g/mol. The Labute approximate surface area is 112 Å². The lowest BCUT2D eigenvalue weighted by molar-refractivity contribution is -0.144. The quantitative estimate of drug-likeness (QED) is 0.756. The molecule has 0 amide bonds. The molecule has 3 heteroatoms. The molecule has 3 nitrogen and oxygen atoms in total. The standard InChI is InChI=1S/C15H29NO2/c1-4-7-8-13(14(17)18)16-11-9-15(5-2,6-3)10-12-16/h13H,4-12H2,1-3H3,(H,17,18). The lowest BCUT2D eigenvalue weighted by Crippen LogP contribution is -2.48. The molecule has 0 aliphatic carbocycles. The molecule has 106 valence electrons. The lowest BCUT2D eigenvalue weighted by atomic mass is 9.74. The first-order chi connectivity index (χ1) is 8.58. The molecule has 0 bridgehead atoms. The first-order valence-electron chi connectivity index (χ1n) is 7.55. The summed E-state index contributed by atoms with van der Waals surface area (Å²) < 4.78 is 0. The van der Waals surface area contributed by atoms with E-state index in [1.807, 2.05) is 0 Å². The van der Waals surface area contributed by atoms with Gasteiger partial charge in [0, 0.05) is 0 Å². The van der Waals surface area contributed by atoms with Gasteiger partial charge in [-0.05, 0) is 37.8 Å². The molecule has 0 spiro atoms. The smallest absolute Gasteiger partial charge is 0.320 e. The predicted octanol–water partition coefficient (Wildman–Crippen LogP) is 3.53. The van der Waals surface area contributed by atoms with Crippen LogP contribution in [0.5, 0.6) is 0 Å². The third kappa shape index (κ3) is 3.71. The van der Waals surface area contributed by atoms with E-state index in [9.17, 15) is 9.90 Å². The minimum atomic E-state index is -0.635. The molecule has 1 aliphatic heterocycles. The highest BCUT2D eigenvalue weighted by Gasteiger charge is 2.35. The molecule has 0 aromatic carbocycles. The van der Waals surface area contributed by atoms with E-state index in [2.05, 4.69) is 25.7 Å². The Hall–Kier alpha value is -0.570. The van der Waals surface area contributed by atoms with E-state index in [1.54, 1.807) is 0 Å². The van der Waals surface area contributed by atoms with Gasteiger partial charge in [-0.25, -0.2) is 0 Å². The van der Waals surface area contributed by atoms with Gasteiger partial charge < -0.3 is 5.11 Å². The highest BCUT2D eigenvalue weighted by atomic mass is 16.4. The highest BCUT2D eigenvalue weighted by Crippen LogP contribution is 2.38. The van der Waals surface area contributed by atoms with Gasteiger partial charge in [0.15, 0.2) is 0 Å². The molecule has 0 radical (unpaired) electrons. The maximum atomic E-state index is 11.4. The van der Waals surface area contributed by atoms with Crippen molar-refractivity contribution in [3.63, 3.8) is 0 Å². The zero-order valence-electron chi connectivity index (χ0n) is 12.2. The highest BCUT2D eigenvalue weighted by molar-refractivity contribution is 5.73. The number of aliphatic carboxylic acids is 1. The number of carbonyl (C=O) groups is 1. The van der Waals surface area contributed by atoms with Crippen LogP contribution in [0.2, 0.25) is 0 Å². The first kappa shape index (κ1) is 15.5. The van der Waals surface area contributed by atoms with Crippen molar-refractivity contribution in [2.24, 2.45) is 5.41 Å². The fourth-order valence-electron chi connectivity index (χ4n) is 3.13. The van der Waals surface area contributed by atoms with E-state index in [1.165, 1.54) is 12.8 Å². The van der Waals surface area contributed by atoms with Crippen molar-refractivity contribution < 1.29 is 9.90 Å². The van der Waals surface area contributed by atoms with Crippen LogP contribution in [0.3, 0.4) is 0 Å². The number of hydrogen-bond acceptors (Lipinski definition) is 2. The number of unbranched alkanes of at least 4 members (excludes halogenated alkanes) is 1. The molecule has 1 heterocycles. The molecule has 0 saturated carbocycles. The average molecular weight is 255 g/mol. The van der Waals surface area contributed by atoms with Crippen LogP contribution < -0.4 is 0 Å². The third-order valence-corrected chi connectivity index (χ3v) is 4.92. The van der Waals surface area contributed by atoms with Gasteiger partial charge in [-0.1, -0.05) is 46.5 Å². The summed E-state index contributed by atoms with van der Waals surface area (Å²) >= 11 is 0. The Morgan fingerprint density at radius 1 is 1.22 bits per heavy atom. The van der Waals surface area contributed by atoms with Gasteiger partial charge >= 0.3 is 5.97 Å². The van der Waals surface area contributed by atoms with Crippen molar-refractivity contribution in [2.45, 2.75) is 71.8 Å². The number of hydrogen-bond donors (Lipinski definition) is 1. The second kappa shape index (κ2) is 7.13. The topological polar surface area (TPSA) is 40.5 Å². The van der Waals surface area contributed by atoms with Crippen LogP contribution in [0.1, 0.15) is 65.7 Å². The van der Waals surface area contributed by atoms with Crippen molar-refractivity contribution in [3.05, 3.63) is 0 Å². The minimum absolute atomic E-state index is 0.253. The molecule has 1 unspecified atom stereocenters. The molecule has 1 N–H and O–H groups in total. The van der Waals surface area contributed by atoms with Crippen molar-refractivity contribution in [1.82, 2.24) is 4.90 Å². The van der Waals surface area contributed by atoms with Crippen LogP contribution in [-0.2, 0) is 4.79 Å². The van der Waals surface area contributed by atoms with Gasteiger partial charge in [0.1, 0.15) is 6.04 Å². The number of nitrogens with zero attached hydrogens (tertiary/aromatic N) is 1.